The number of rotatable bonds is 3. The number of benzene rings is 1. The molecule has 0 atom stereocenters. The van der Waals surface area contributed by atoms with E-state index in [1.807, 2.05) is 6.20 Å². The summed E-state index contributed by atoms with van der Waals surface area (Å²) in [5, 5.41) is 3.37. The Morgan fingerprint density at radius 2 is 1.85 bits per heavy atom. The minimum Gasteiger partial charge on any atom is -0.440 e. The first kappa shape index (κ1) is 13.4. The van der Waals surface area contributed by atoms with E-state index in [2.05, 4.69) is 48.4 Å². The average Bonchev–Trinajstić information content (AvgIpc) is 2.98. The van der Waals surface area contributed by atoms with Crippen LogP contribution in [0.5, 0.6) is 0 Å². The molecular weight excluding hydrogens is 248 g/mol. The van der Waals surface area contributed by atoms with Crippen LogP contribution < -0.4 is 5.32 Å². The third kappa shape index (κ3) is 2.78. The van der Waals surface area contributed by atoms with E-state index in [0.29, 0.717) is 11.8 Å². The Labute approximate surface area is 120 Å². The van der Waals surface area contributed by atoms with Crippen molar-refractivity contribution < 1.29 is 4.42 Å². The lowest BCUT2D eigenvalue weighted by molar-refractivity contribution is 0.378. The molecule has 20 heavy (non-hydrogen) atoms. The van der Waals surface area contributed by atoms with Crippen molar-refractivity contribution in [2.24, 2.45) is 0 Å². The van der Waals surface area contributed by atoms with Crippen molar-refractivity contribution in [3.8, 4) is 11.3 Å². The molecule has 0 radical (unpaired) electrons. The van der Waals surface area contributed by atoms with Crippen molar-refractivity contribution in [1.82, 2.24) is 10.3 Å². The van der Waals surface area contributed by atoms with Crippen LogP contribution in [0.3, 0.4) is 0 Å². The Morgan fingerprint density at radius 1 is 1.15 bits per heavy atom. The highest BCUT2D eigenvalue weighted by atomic mass is 16.4. The first-order chi connectivity index (χ1) is 9.74. The van der Waals surface area contributed by atoms with Crippen LogP contribution in [-0.2, 0) is 0 Å². The van der Waals surface area contributed by atoms with Gasteiger partial charge in [0.25, 0.3) is 0 Å². The maximum atomic E-state index is 5.97. The van der Waals surface area contributed by atoms with Crippen molar-refractivity contribution in [1.29, 1.82) is 0 Å². The molecule has 1 N–H and O–H groups in total. The van der Waals surface area contributed by atoms with Gasteiger partial charge in [-0.3, -0.25) is 0 Å². The van der Waals surface area contributed by atoms with Crippen LogP contribution in [0.2, 0.25) is 0 Å². The molecule has 0 saturated carbocycles. The molecule has 1 fully saturated rings. The van der Waals surface area contributed by atoms with Gasteiger partial charge >= 0.3 is 0 Å². The van der Waals surface area contributed by atoms with Gasteiger partial charge in [0.2, 0.25) is 0 Å². The minimum absolute atomic E-state index is 0.472. The van der Waals surface area contributed by atoms with E-state index in [-0.39, 0.29) is 0 Å². The van der Waals surface area contributed by atoms with Crippen LogP contribution in [0.4, 0.5) is 0 Å². The average molecular weight is 270 g/mol. The summed E-state index contributed by atoms with van der Waals surface area (Å²) in [5.41, 5.74) is 2.47. The van der Waals surface area contributed by atoms with Crippen molar-refractivity contribution >= 4 is 0 Å². The predicted molar refractivity (Wildman–Crippen MR) is 80.9 cm³/mol. The summed E-state index contributed by atoms with van der Waals surface area (Å²) >= 11 is 0. The van der Waals surface area contributed by atoms with Crippen LogP contribution in [0.15, 0.2) is 34.9 Å². The van der Waals surface area contributed by atoms with Gasteiger partial charge in [-0.2, -0.15) is 0 Å². The third-order valence-electron chi connectivity index (χ3n) is 4.07. The summed E-state index contributed by atoms with van der Waals surface area (Å²) in [5.74, 6) is 2.81. The lowest BCUT2D eigenvalue weighted by atomic mass is 9.98. The third-order valence-corrected chi connectivity index (χ3v) is 4.07. The molecule has 1 aliphatic rings. The highest BCUT2D eigenvalue weighted by Gasteiger charge is 2.20. The molecule has 3 rings (SSSR count). The topological polar surface area (TPSA) is 38.1 Å². The fourth-order valence-corrected chi connectivity index (χ4v) is 2.71. The number of aromatic nitrogens is 1. The maximum Gasteiger partial charge on any atom is 0.198 e. The molecule has 3 heteroatoms. The number of oxazole rings is 1. The van der Waals surface area contributed by atoms with E-state index in [1.54, 1.807) is 0 Å². The zero-order valence-electron chi connectivity index (χ0n) is 12.2. The normalized spacial score (nSPS) is 16.8. The number of nitrogens with zero attached hydrogens (tertiary/aromatic N) is 1. The molecule has 1 saturated heterocycles. The Balaban J connectivity index is 1.78. The van der Waals surface area contributed by atoms with Crippen molar-refractivity contribution in [3.63, 3.8) is 0 Å². The van der Waals surface area contributed by atoms with Gasteiger partial charge in [0.1, 0.15) is 0 Å². The highest BCUT2D eigenvalue weighted by Crippen LogP contribution is 2.29. The summed E-state index contributed by atoms with van der Waals surface area (Å²) in [6.45, 7) is 6.54. The second kappa shape index (κ2) is 5.80. The smallest absolute Gasteiger partial charge is 0.198 e. The van der Waals surface area contributed by atoms with Crippen molar-refractivity contribution in [2.75, 3.05) is 13.1 Å². The fraction of sp³-hybridized carbons (Fsp3) is 0.471. The molecule has 2 aromatic rings. The summed E-state index contributed by atoms with van der Waals surface area (Å²) in [4.78, 5) is 4.48. The van der Waals surface area contributed by atoms with Gasteiger partial charge < -0.3 is 9.73 Å². The second-order valence-electron chi connectivity index (χ2n) is 5.86. The van der Waals surface area contributed by atoms with Crippen LogP contribution in [-0.4, -0.2) is 18.1 Å². The zero-order chi connectivity index (χ0) is 13.9. The van der Waals surface area contributed by atoms with Gasteiger partial charge in [-0.1, -0.05) is 38.1 Å². The van der Waals surface area contributed by atoms with E-state index < -0.39 is 0 Å². The van der Waals surface area contributed by atoms with Crippen LogP contribution in [0.25, 0.3) is 11.3 Å². The fourth-order valence-electron chi connectivity index (χ4n) is 2.71. The van der Waals surface area contributed by atoms with Gasteiger partial charge in [0, 0.05) is 11.5 Å². The Bertz CT molecular complexity index is 551. The first-order valence-corrected chi connectivity index (χ1v) is 7.51. The molecule has 3 nitrogen and oxygen atoms in total. The maximum absolute atomic E-state index is 5.97. The van der Waals surface area contributed by atoms with Gasteiger partial charge in [-0.25, -0.2) is 4.98 Å². The summed E-state index contributed by atoms with van der Waals surface area (Å²) in [6.07, 6.45) is 4.10. The molecule has 0 aliphatic carbocycles. The summed E-state index contributed by atoms with van der Waals surface area (Å²) in [7, 11) is 0. The van der Waals surface area contributed by atoms with Crippen LogP contribution in [0, 0.1) is 0 Å². The molecule has 0 amide bonds. The molecular formula is C17H22N2O. The van der Waals surface area contributed by atoms with Crippen LogP contribution in [0.1, 0.15) is 50.0 Å². The molecule has 2 heterocycles. The van der Waals surface area contributed by atoms with E-state index in [1.165, 1.54) is 5.56 Å². The first-order valence-electron chi connectivity index (χ1n) is 7.51. The number of piperidine rings is 1. The SMILES string of the molecule is CC(C)c1ccc(-c2cnc(C3CCNCC3)o2)cc1. The monoisotopic (exact) mass is 270 g/mol. The standard InChI is InChI=1S/C17H22N2O/c1-12(2)13-3-5-14(6-4-13)16-11-19-17(20-16)15-7-9-18-10-8-15/h3-6,11-12,15,18H,7-10H2,1-2H3. The number of hydrogen-bond acceptors (Lipinski definition) is 3. The quantitative estimate of drug-likeness (QED) is 0.918. The van der Waals surface area contributed by atoms with Crippen molar-refractivity contribution in [2.45, 2.75) is 38.5 Å². The van der Waals surface area contributed by atoms with Gasteiger partial charge in [0.15, 0.2) is 11.7 Å². The summed E-state index contributed by atoms with van der Waals surface area (Å²) in [6, 6.07) is 8.60. The van der Waals surface area contributed by atoms with Crippen molar-refractivity contribution in [3.05, 3.63) is 41.9 Å². The van der Waals surface area contributed by atoms with Gasteiger partial charge in [-0.05, 0) is 37.4 Å². The molecule has 0 spiro atoms. The molecule has 1 aromatic carbocycles. The molecule has 0 bridgehead atoms. The van der Waals surface area contributed by atoms with Gasteiger partial charge in [0.05, 0.1) is 6.20 Å². The predicted octanol–water partition coefficient (Wildman–Crippen LogP) is 3.93. The molecule has 0 unspecified atom stereocenters. The Kier molecular flexibility index (Phi) is 3.88. The second-order valence-corrected chi connectivity index (χ2v) is 5.86. The van der Waals surface area contributed by atoms with E-state index in [0.717, 1.165) is 43.1 Å². The molecule has 1 aromatic heterocycles. The Morgan fingerprint density at radius 3 is 2.50 bits per heavy atom. The molecule has 1 aliphatic heterocycles. The summed E-state index contributed by atoms with van der Waals surface area (Å²) < 4.78 is 5.97. The zero-order valence-corrected chi connectivity index (χ0v) is 12.2. The minimum atomic E-state index is 0.472. The van der Waals surface area contributed by atoms with E-state index >= 15 is 0 Å². The number of hydrogen-bond donors (Lipinski definition) is 1. The Hall–Kier alpha value is -1.61. The van der Waals surface area contributed by atoms with E-state index in [9.17, 15) is 0 Å². The lowest BCUT2D eigenvalue weighted by Crippen LogP contribution is -2.26. The molecule has 106 valence electrons. The highest BCUT2D eigenvalue weighted by molar-refractivity contribution is 5.56. The van der Waals surface area contributed by atoms with Gasteiger partial charge in [-0.15, -0.1) is 0 Å². The lowest BCUT2D eigenvalue weighted by Gasteiger charge is -2.19. The van der Waals surface area contributed by atoms with Crippen LogP contribution >= 0.6 is 0 Å². The number of nitrogens with one attached hydrogen (secondary N) is 1. The largest absolute Gasteiger partial charge is 0.440 e. The van der Waals surface area contributed by atoms with E-state index in [4.69, 9.17) is 4.42 Å².